The molecule has 1 aromatic heterocycles. The molecule has 2 aromatic rings. The average molecular weight is 341 g/mol. The van der Waals surface area contributed by atoms with Crippen LogP contribution >= 0.6 is 0 Å². The van der Waals surface area contributed by atoms with Gasteiger partial charge in [0.15, 0.2) is 0 Å². The van der Waals surface area contributed by atoms with E-state index in [2.05, 4.69) is 40.3 Å². The Morgan fingerprint density at radius 2 is 2.00 bits per heavy atom. The molecule has 3 heterocycles. The highest BCUT2D eigenvalue weighted by atomic mass is 16.6. The fraction of sp³-hybridized carbons (Fsp3) is 0.550. The lowest BCUT2D eigenvalue weighted by molar-refractivity contribution is -0.0470. The number of piperidine rings is 1. The molecule has 1 aromatic carbocycles. The van der Waals surface area contributed by atoms with Crippen LogP contribution in [0.25, 0.3) is 0 Å². The lowest BCUT2D eigenvalue weighted by Crippen LogP contribution is -2.44. The molecule has 0 amide bonds. The standard InChI is InChI=1S/C20H27N3O2/c1-22-10-7-18(21-22)14-23-11-8-20(9-12-23)13-19(16-25-20)24-15-17-5-3-2-4-6-17/h2-7,10,19H,8-9,11-16H2,1H3/t19-/m0/s1. The number of ether oxygens (including phenoxy) is 2. The number of benzene rings is 1. The van der Waals surface area contributed by atoms with Crippen molar-refractivity contribution in [2.24, 2.45) is 7.05 Å². The molecule has 1 atom stereocenters. The molecule has 0 unspecified atom stereocenters. The third-order valence-electron chi connectivity index (χ3n) is 5.43. The van der Waals surface area contributed by atoms with E-state index in [1.54, 1.807) is 0 Å². The zero-order valence-corrected chi connectivity index (χ0v) is 14.9. The highest BCUT2D eigenvalue weighted by Gasteiger charge is 2.43. The van der Waals surface area contributed by atoms with Crippen molar-refractivity contribution in [1.29, 1.82) is 0 Å². The highest BCUT2D eigenvalue weighted by molar-refractivity contribution is 5.13. The van der Waals surface area contributed by atoms with E-state index >= 15 is 0 Å². The number of likely N-dealkylation sites (tertiary alicyclic amines) is 1. The molecule has 0 aliphatic carbocycles. The molecular formula is C20H27N3O2. The maximum absolute atomic E-state index is 6.21. The van der Waals surface area contributed by atoms with Crippen molar-refractivity contribution in [2.45, 2.75) is 44.1 Å². The topological polar surface area (TPSA) is 39.5 Å². The number of aryl methyl sites for hydroxylation is 1. The van der Waals surface area contributed by atoms with Crippen LogP contribution in [-0.2, 0) is 29.7 Å². The normalized spacial score (nSPS) is 23.3. The van der Waals surface area contributed by atoms with Crippen molar-refractivity contribution in [1.82, 2.24) is 14.7 Å². The molecule has 5 heteroatoms. The van der Waals surface area contributed by atoms with Crippen LogP contribution < -0.4 is 0 Å². The SMILES string of the molecule is Cn1ccc(CN2CCC3(CC2)C[C@H](OCc2ccccc2)CO3)n1. The van der Waals surface area contributed by atoms with Gasteiger partial charge in [0.05, 0.1) is 30.6 Å². The largest absolute Gasteiger partial charge is 0.372 e. The van der Waals surface area contributed by atoms with E-state index in [1.807, 2.05) is 24.0 Å². The van der Waals surface area contributed by atoms with E-state index in [1.165, 1.54) is 5.56 Å². The average Bonchev–Trinajstić information content (AvgIpc) is 3.23. The number of rotatable bonds is 5. The van der Waals surface area contributed by atoms with Gasteiger partial charge in [-0.2, -0.15) is 5.10 Å². The minimum absolute atomic E-state index is 0.0297. The molecule has 134 valence electrons. The first-order valence-corrected chi connectivity index (χ1v) is 9.21. The molecule has 2 aliphatic heterocycles. The third kappa shape index (κ3) is 4.11. The van der Waals surface area contributed by atoms with Gasteiger partial charge in [0, 0.05) is 39.3 Å². The van der Waals surface area contributed by atoms with Crippen LogP contribution in [0.15, 0.2) is 42.6 Å². The molecule has 2 saturated heterocycles. The van der Waals surface area contributed by atoms with Crippen molar-refractivity contribution in [3.63, 3.8) is 0 Å². The van der Waals surface area contributed by atoms with Gasteiger partial charge in [-0.3, -0.25) is 9.58 Å². The first-order valence-electron chi connectivity index (χ1n) is 9.21. The lowest BCUT2D eigenvalue weighted by Gasteiger charge is -2.38. The molecule has 2 aliphatic rings. The molecule has 25 heavy (non-hydrogen) atoms. The summed E-state index contributed by atoms with van der Waals surface area (Å²) in [5.41, 5.74) is 2.41. The minimum Gasteiger partial charge on any atom is -0.372 e. The summed E-state index contributed by atoms with van der Waals surface area (Å²) in [6.07, 6.45) is 5.44. The zero-order valence-electron chi connectivity index (χ0n) is 14.9. The summed E-state index contributed by atoms with van der Waals surface area (Å²) >= 11 is 0. The number of nitrogens with zero attached hydrogens (tertiary/aromatic N) is 3. The van der Waals surface area contributed by atoms with Crippen LogP contribution in [0.2, 0.25) is 0 Å². The van der Waals surface area contributed by atoms with Gasteiger partial charge in [-0.25, -0.2) is 0 Å². The van der Waals surface area contributed by atoms with Crippen molar-refractivity contribution >= 4 is 0 Å². The fourth-order valence-corrected chi connectivity index (χ4v) is 3.94. The summed E-state index contributed by atoms with van der Waals surface area (Å²) in [4.78, 5) is 2.48. The van der Waals surface area contributed by atoms with E-state index in [0.717, 1.165) is 51.2 Å². The van der Waals surface area contributed by atoms with E-state index < -0.39 is 0 Å². The second-order valence-corrected chi connectivity index (χ2v) is 7.37. The Labute approximate surface area is 149 Å². The van der Waals surface area contributed by atoms with Gasteiger partial charge in [0.2, 0.25) is 0 Å². The Morgan fingerprint density at radius 3 is 2.72 bits per heavy atom. The van der Waals surface area contributed by atoms with Crippen LogP contribution in [0.3, 0.4) is 0 Å². The molecule has 4 rings (SSSR count). The molecule has 0 radical (unpaired) electrons. The summed E-state index contributed by atoms with van der Waals surface area (Å²) in [6.45, 7) is 4.48. The van der Waals surface area contributed by atoms with E-state index in [0.29, 0.717) is 6.61 Å². The van der Waals surface area contributed by atoms with Crippen LogP contribution in [0.1, 0.15) is 30.5 Å². The van der Waals surface area contributed by atoms with E-state index in [4.69, 9.17) is 9.47 Å². The molecule has 0 N–H and O–H groups in total. The minimum atomic E-state index is 0.0297. The smallest absolute Gasteiger partial charge is 0.0840 e. The Hall–Kier alpha value is -1.69. The summed E-state index contributed by atoms with van der Waals surface area (Å²) in [5, 5.41) is 4.48. The Kier molecular flexibility index (Phi) is 4.88. The summed E-state index contributed by atoms with van der Waals surface area (Å²) < 4.78 is 14.2. The monoisotopic (exact) mass is 341 g/mol. The van der Waals surface area contributed by atoms with Gasteiger partial charge in [0.25, 0.3) is 0 Å². The predicted molar refractivity (Wildman–Crippen MR) is 96.0 cm³/mol. The van der Waals surface area contributed by atoms with Gasteiger partial charge in [-0.1, -0.05) is 30.3 Å². The van der Waals surface area contributed by atoms with Crippen LogP contribution in [0.4, 0.5) is 0 Å². The maximum atomic E-state index is 6.21. The predicted octanol–water partition coefficient (Wildman–Crippen LogP) is 2.76. The van der Waals surface area contributed by atoms with Gasteiger partial charge >= 0.3 is 0 Å². The number of hydrogen-bond donors (Lipinski definition) is 0. The van der Waals surface area contributed by atoms with Gasteiger partial charge < -0.3 is 9.47 Å². The summed E-state index contributed by atoms with van der Waals surface area (Å²) in [7, 11) is 1.97. The van der Waals surface area contributed by atoms with E-state index in [-0.39, 0.29) is 11.7 Å². The molecule has 0 bridgehead atoms. The second-order valence-electron chi connectivity index (χ2n) is 7.37. The van der Waals surface area contributed by atoms with Gasteiger partial charge in [0.1, 0.15) is 0 Å². The van der Waals surface area contributed by atoms with Gasteiger partial charge in [-0.05, 0) is 24.5 Å². The molecular weight excluding hydrogens is 314 g/mol. The van der Waals surface area contributed by atoms with E-state index in [9.17, 15) is 0 Å². The molecule has 5 nitrogen and oxygen atoms in total. The lowest BCUT2D eigenvalue weighted by atomic mass is 9.88. The maximum Gasteiger partial charge on any atom is 0.0840 e. The van der Waals surface area contributed by atoms with Crippen molar-refractivity contribution < 1.29 is 9.47 Å². The van der Waals surface area contributed by atoms with Crippen LogP contribution in [-0.4, -0.2) is 46.1 Å². The van der Waals surface area contributed by atoms with Crippen molar-refractivity contribution in [3.8, 4) is 0 Å². The molecule has 0 saturated carbocycles. The highest BCUT2D eigenvalue weighted by Crippen LogP contribution is 2.37. The Bertz CT molecular complexity index is 677. The van der Waals surface area contributed by atoms with Crippen LogP contribution in [0, 0.1) is 0 Å². The summed E-state index contributed by atoms with van der Waals surface area (Å²) in [6, 6.07) is 12.5. The number of hydrogen-bond acceptors (Lipinski definition) is 4. The quantitative estimate of drug-likeness (QED) is 0.838. The molecule has 1 spiro atoms. The number of aromatic nitrogens is 2. The summed E-state index contributed by atoms with van der Waals surface area (Å²) in [5.74, 6) is 0. The van der Waals surface area contributed by atoms with Crippen LogP contribution in [0.5, 0.6) is 0 Å². The third-order valence-corrected chi connectivity index (χ3v) is 5.43. The zero-order chi connectivity index (χ0) is 17.1. The van der Waals surface area contributed by atoms with Gasteiger partial charge in [-0.15, -0.1) is 0 Å². The Balaban J connectivity index is 1.24. The first kappa shape index (κ1) is 16.8. The van der Waals surface area contributed by atoms with Crippen molar-refractivity contribution in [2.75, 3.05) is 19.7 Å². The first-order chi connectivity index (χ1) is 12.2. The Morgan fingerprint density at radius 1 is 1.20 bits per heavy atom. The van der Waals surface area contributed by atoms with Crippen molar-refractivity contribution in [3.05, 3.63) is 53.9 Å². The fourth-order valence-electron chi connectivity index (χ4n) is 3.94. The second kappa shape index (κ2) is 7.28. The molecule has 2 fully saturated rings.